The van der Waals surface area contributed by atoms with Crippen LogP contribution in [0, 0.1) is 0 Å². The molecule has 4 rings (SSSR count). The molecule has 2 heterocycles. The number of benzene rings is 2. The Morgan fingerprint density at radius 1 is 1.23 bits per heavy atom. The van der Waals surface area contributed by atoms with Crippen LogP contribution >= 0.6 is 11.3 Å². The molecule has 1 amide bonds. The Morgan fingerprint density at radius 2 is 1.97 bits per heavy atom. The predicted octanol–water partition coefficient (Wildman–Crippen LogP) is 2.68. The lowest BCUT2D eigenvalue weighted by molar-refractivity contribution is -0.118. The fourth-order valence-corrected chi connectivity index (χ4v) is 3.92. The van der Waals surface area contributed by atoms with Gasteiger partial charge in [-0.15, -0.1) is 11.3 Å². The molecule has 0 fully saturated rings. The summed E-state index contributed by atoms with van der Waals surface area (Å²) in [5.41, 5.74) is 2.92. The number of thiazole rings is 1. The summed E-state index contributed by atoms with van der Waals surface area (Å²) in [5.74, 6) is 0.913. The van der Waals surface area contributed by atoms with Crippen molar-refractivity contribution >= 4 is 29.1 Å². The molecule has 1 aliphatic rings. The Kier molecular flexibility index (Phi) is 5.63. The lowest BCUT2D eigenvalue weighted by atomic mass is 10.1. The number of anilines is 1. The Balaban J connectivity index is 1.75. The predicted molar refractivity (Wildman–Crippen MR) is 118 cm³/mol. The second-order valence-electron chi connectivity index (χ2n) is 6.51. The Labute approximate surface area is 181 Å². The minimum absolute atomic E-state index is 0.00745. The largest absolute Gasteiger partial charge is 0.502 e. The molecule has 2 aromatic carbocycles. The fraction of sp³-hybridized carbons (Fsp3) is 0.190. The van der Waals surface area contributed by atoms with Crippen molar-refractivity contribution in [2.45, 2.75) is 0 Å². The monoisotopic (exact) mass is 440 g/mol. The molecule has 3 aromatic rings. The van der Waals surface area contributed by atoms with E-state index in [-0.39, 0.29) is 29.8 Å². The summed E-state index contributed by atoms with van der Waals surface area (Å²) in [7, 11) is 4.62. The Morgan fingerprint density at radius 3 is 2.65 bits per heavy atom. The molecule has 9 nitrogen and oxygen atoms in total. The number of aromatic nitrogens is 1. The van der Waals surface area contributed by atoms with Gasteiger partial charge in [-0.25, -0.2) is 4.68 Å². The number of hydrogen-bond donors (Lipinski definition) is 2. The molecule has 1 aliphatic heterocycles. The number of methoxy groups -OCH3 is 2. The van der Waals surface area contributed by atoms with Gasteiger partial charge < -0.3 is 24.6 Å². The summed E-state index contributed by atoms with van der Waals surface area (Å²) >= 11 is 1.44. The van der Waals surface area contributed by atoms with Gasteiger partial charge in [-0.2, -0.15) is 5.10 Å². The van der Waals surface area contributed by atoms with Crippen molar-refractivity contribution in [3.8, 4) is 34.3 Å². The van der Waals surface area contributed by atoms with E-state index >= 15 is 0 Å². The van der Waals surface area contributed by atoms with Crippen LogP contribution in [0.25, 0.3) is 11.3 Å². The zero-order valence-corrected chi connectivity index (χ0v) is 17.9. The van der Waals surface area contributed by atoms with E-state index in [4.69, 9.17) is 14.2 Å². The van der Waals surface area contributed by atoms with Gasteiger partial charge >= 0.3 is 0 Å². The standard InChI is InChI=1S/C21H20N4O5S/c1-22-21-25(23-9-12-6-17(28-2)20(27)18(7-12)29-3)15(11-31-21)13-4-5-16-14(8-13)24-19(26)10-30-16/h4-9,11,27H,10H2,1-3H3,(H,24,26). The van der Waals surface area contributed by atoms with Crippen LogP contribution in [0.4, 0.5) is 5.69 Å². The average molecular weight is 440 g/mol. The molecule has 0 unspecified atom stereocenters. The van der Waals surface area contributed by atoms with Crippen molar-refractivity contribution < 1.29 is 24.1 Å². The first-order chi connectivity index (χ1) is 15.0. The molecule has 0 spiro atoms. The number of fused-ring (bicyclic) bond motifs is 1. The van der Waals surface area contributed by atoms with Gasteiger partial charge in [0, 0.05) is 23.6 Å². The minimum atomic E-state index is -0.194. The molecule has 31 heavy (non-hydrogen) atoms. The van der Waals surface area contributed by atoms with Gasteiger partial charge in [0.1, 0.15) is 5.75 Å². The number of amides is 1. The van der Waals surface area contributed by atoms with Gasteiger partial charge in [-0.3, -0.25) is 9.79 Å². The summed E-state index contributed by atoms with van der Waals surface area (Å²) in [4.78, 5) is 16.6. The lowest BCUT2D eigenvalue weighted by Crippen LogP contribution is -2.25. The first kappa shape index (κ1) is 20.5. The smallest absolute Gasteiger partial charge is 0.262 e. The molecular weight excluding hydrogens is 420 g/mol. The highest BCUT2D eigenvalue weighted by atomic mass is 32.1. The van der Waals surface area contributed by atoms with Gasteiger partial charge in [-0.1, -0.05) is 0 Å². The van der Waals surface area contributed by atoms with Crippen molar-refractivity contribution in [2.75, 3.05) is 33.2 Å². The second kappa shape index (κ2) is 8.52. The second-order valence-corrected chi connectivity index (χ2v) is 7.34. The topological polar surface area (TPSA) is 107 Å². The van der Waals surface area contributed by atoms with E-state index < -0.39 is 0 Å². The van der Waals surface area contributed by atoms with Crippen LogP contribution in [0.5, 0.6) is 23.0 Å². The number of nitrogens with one attached hydrogen (secondary N) is 1. The molecule has 0 radical (unpaired) electrons. The van der Waals surface area contributed by atoms with Gasteiger partial charge in [0.2, 0.25) is 10.6 Å². The highest BCUT2D eigenvalue weighted by Crippen LogP contribution is 2.37. The van der Waals surface area contributed by atoms with Gasteiger partial charge in [0.05, 0.1) is 31.8 Å². The van der Waals surface area contributed by atoms with Gasteiger partial charge in [-0.05, 0) is 30.3 Å². The van der Waals surface area contributed by atoms with Crippen molar-refractivity contribution in [2.24, 2.45) is 10.1 Å². The van der Waals surface area contributed by atoms with Crippen LogP contribution in [-0.4, -0.2) is 49.8 Å². The maximum Gasteiger partial charge on any atom is 0.262 e. The zero-order chi connectivity index (χ0) is 22.0. The third-order valence-electron chi connectivity index (χ3n) is 4.61. The number of aromatic hydroxyl groups is 1. The lowest BCUT2D eigenvalue weighted by Gasteiger charge is -2.18. The highest BCUT2D eigenvalue weighted by Gasteiger charge is 2.18. The van der Waals surface area contributed by atoms with E-state index in [0.29, 0.717) is 21.8 Å². The van der Waals surface area contributed by atoms with Crippen LogP contribution in [0.3, 0.4) is 0 Å². The van der Waals surface area contributed by atoms with Gasteiger partial charge in [0.15, 0.2) is 18.1 Å². The van der Waals surface area contributed by atoms with Crippen molar-refractivity contribution in [3.63, 3.8) is 0 Å². The number of ether oxygens (including phenoxy) is 3. The molecule has 0 atom stereocenters. The molecule has 0 saturated carbocycles. The third-order valence-corrected chi connectivity index (χ3v) is 5.52. The first-order valence-electron chi connectivity index (χ1n) is 9.23. The van der Waals surface area contributed by atoms with Crippen molar-refractivity contribution in [3.05, 3.63) is 46.1 Å². The van der Waals surface area contributed by atoms with E-state index in [1.165, 1.54) is 25.6 Å². The van der Waals surface area contributed by atoms with Crippen LogP contribution in [0.15, 0.2) is 45.8 Å². The molecule has 2 N–H and O–H groups in total. The van der Waals surface area contributed by atoms with Crippen molar-refractivity contribution in [1.29, 1.82) is 0 Å². The fourth-order valence-electron chi connectivity index (χ4n) is 3.12. The molecule has 10 heteroatoms. The summed E-state index contributed by atoms with van der Waals surface area (Å²) in [5, 5.41) is 19.4. The minimum Gasteiger partial charge on any atom is -0.502 e. The SMILES string of the molecule is CN=c1scc(-c2ccc3c(c2)NC(=O)CO3)n1N=Cc1cc(OC)c(O)c(OC)c1. The maximum absolute atomic E-state index is 11.7. The summed E-state index contributed by atoms with van der Waals surface area (Å²) < 4.78 is 17.5. The van der Waals surface area contributed by atoms with Crippen LogP contribution in [-0.2, 0) is 4.79 Å². The number of hydrogen-bond acceptors (Lipinski definition) is 8. The summed E-state index contributed by atoms with van der Waals surface area (Å²) in [6, 6.07) is 8.86. The molecule has 0 aliphatic carbocycles. The molecule has 0 saturated heterocycles. The van der Waals surface area contributed by atoms with E-state index in [0.717, 1.165) is 11.3 Å². The molecule has 160 valence electrons. The Bertz CT molecular complexity index is 1220. The zero-order valence-electron chi connectivity index (χ0n) is 17.1. The van der Waals surface area contributed by atoms with Crippen LogP contribution < -0.4 is 24.3 Å². The average Bonchev–Trinajstić information content (AvgIpc) is 3.20. The molecule has 1 aromatic heterocycles. The number of phenols is 1. The number of rotatable bonds is 5. The van der Waals surface area contributed by atoms with Gasteiger partial charge in [0.25, 0.3) is 5.91 Å². The number of nitrogens with zero attached hydrogens (tertiary/aromatic N) is 3. The van der Waals surface area contributed by atoms with Crippen LogP contribution in [0.2, 0.25) is 0 Å². The van der Waals surface area contributed by atoms with Crippen LogP contribution in [0.1, 0.15) is 5.56 Å². The normalized spacial score (nSPS) is 13.6. The van der Waals surface area contributed by atoms with E-state index in [1.807, 2.05) is 23.6 Å². The summed E-state index contributed by atoms with van der Waals surface area (Å²) in [6.07, 6.45) is 1.62. The van der Waals surface area contributed by atoms with E-state index in [9.17, 15) is 9.90 Å². The maximum atomic E-state index is 11.7. The summed E-state index contributed by atoms with van der Waals surface area (Å²) in [6.45, 7) is 0.00745. The third kappa shape index (κ3) is 3.97. The van der Waals surface area contributed by atoms with E-state index in [2.05, 4.69) is 15.4 Å². The van der Waals surface area contributed by atoms with E-state index in [1.54, 1.807) is 30.1 Å². The number of phenolic OH excluding ortho intramolecular Hbond substituents is 1. The highest BCUT2D eigenvalue weighted by molar-refractivity contribution is 7.07. The quantitative estimate of drug-likeness (QED) is 0.594. The molecule has 0 bridgehead atoms. The molecular formula is C21H20N4O5S. The van der Waals surface area contributed by atoms with Crippen molar-refractivity contribution in [1.82, 2.24) is 4.68 Å². The Hall–Kier alpha value is -3.79. The number of carbonyl (C=O) groups excluding carboxylic acids is 1. The first-order valence-corrected chi connectivity index (χ1v) is 10.1. The number of carbonyl (C=O) groups is 1.